The highest BCUT2D eigenvalue weighted by Gasteiger charge is 2.27. The van der Waals surface area contributed by atoms with Gasteiger partial charge in [0.05, 0.1) is 23.8 Å². The first-order valence-electron chi connectivity index (χ1n) is 6.49. The molecule has 0 N–H and O–H groups in total. The van der Waals surface area contributed by atoms with Gasteiger partial charge in [0.2, 0.25) is 0 Å². The second-order valence-electron chi connectivity index (χ2n) is 4.75. The second kappa shape index (κ2) is 5.41. The van der Waals surface area contributed by atoms with E-state index in [0.717, 1.165) is 29.5 Å². The van der Waals surface area contributed by atoms with E-state index < -0.39 is 0 Å². The average molecular weight is 292 g/mol. The number of aromatic nitrogens is 2. The second-order valence-corrected chi connectivity index (χ2v) is 5.76. The SMILES string of the molecule is Cc1nn(C)cc1C=C1SC(N2CCOCC2)=NC1=O. The lowest BCUT2D eigenvalue weighted by molar-refractivity contribution is -0.113. The van der Waals surface area contributed by atoms with Crippen molar-refractivity contribution in [2.45, 2.75) is 6.92 Å². The van der Waals surface area contributed by atoms with Crippen molar-refractivity contribution in [1.82, 2.24) is 14.7 Å². The Morgan fingerprint density at radius 2 is 2.15 bits per heavy atom. The minimum Gasteiger partial charge on any atom is -0.378 e. The first-order valence-corrected chi connectivity index (χ1v) is 7.30. The summed E-state index contributed by atoms with van der Waals surface area (Å²) in [5.74, 6) is -0.167. The molecule has 0 radical (unpaired) electrons. The van der Waals surface area contributed by atoms with Crippen molar-refractivity contribution in [2.24, 2.45) is 12.0 Å². The minimum atomic E-state index is -0.167. The highest BCUT2D eigenvalue weighted by Crippen LogP contribution is 2.30. The first kappa shape index (κ1) is 13.4. The molecule has 3 rings (SSSR count). The number of aryl methyl sites for hydroxylation is 2. The summed E-state index contributed by atoms with van der Waals surface area (Å²) in [6, 6.07) is 0. The molecule has 3 heterocycles. The molecular formula is C13H16N4O2S. The lowest BCUT2D eigenvalue weighted by Gasteiger charge is -2.27. The molecule has 2 aliphatic rings. The lowest BCUT2D eigenvalue weighted by atomic mass is 10.2. The van der Waals surface area contributed by atoms with Gasteiger partial charge in [0.1, 0.15) is 0 Å². The maximum absolute atomic E-state index is 12.0. The van der Waals surface area contributed by atoms with Crippen LogP contribution in [0.4, 0.5) is 0 Å². The monoisotopic (exact) mass is 292 g/mol. The Hall–Kier alpha value is -1.60. The number of carbonyl (C=O) groups is 1. The number of ether oxygens (including phenoxy) is 1. The van der Waals surface area contributed by atoms with Gasteiger partial charge in [-0.3, -0.25) is 9.48 Å². The number of nitrogens with zero attached hydrogens (tertiary/aromatic N) is 4. The summed E-state index contributed by atoms with van der Waals surface area (Å²) in [7, 11) is 1.87. The smallest absolute Gasteiger partial charge is 0.286 e. The van der Waals surface area contributed by atoms with Crippen LogP contribution in [0.2, 0.25) is 0 Å². The topological polar surface area (TPSA) is 59.7 Å². The molecule has 0 aromatic carbocycles. The third-order valence-electron chi connectivity index (χ3n) is 3.23. The van der Waals surface area contributed by atoms with E-state index in [9.17, 15) is 4.79 Å². The number of morpholine rings is 1. The van der Waals surface area contributed by atoms with Gasteiger partial charge in [0, 0.05) is 31.9 Å². The van der Waals surface area contributed by atoms with Crippen molar-refractivity contribution in [1.29, 1.82) is 0 Å². The van der Waals surface area contributed by atoms with Crippen LogP contribution in [0.1, 0.15) is 11.3 Å². The van der Waals surface area contributed by atoms with E-state index >= 15 is 0 Å². The number of amides is 1. The predicted octanol–water partition coefficient (Wildman–Crippen LogP) is 1.03. The largest absolute Gasteiger partial charge is 0.378 e. The minimum absolute atomic E-state index is 0.167. The van der Waals surface area contributed by atoms with Crippen molar-refractivity contribution >= 4 is 28.9 Å². The molecule has 0 spiro atoms. The van der Waals surface area contributed by atoms with Crippen molar-refractivity contribution in [3.63, 3.8) is 0 Å². The van der Waals surface area contributed by atoms with E-state index in [1.165, 1.54) is 11.8 Å². The number of thioether (sulfide) groups is 1. The molecule has 106 valence electrons. The van der Waals surface area contributed by atoms with Crippen LogP contribution in [0, 0.1) is 6.92 Å². The summed E-state index contributed by atoms with van der Waals surface area (Å²) >= 11 is 1.43. The highest BCUT2D eigenvalue weighted by atomic mass is 32.2. The van der Waals surface area contributed by atoms with Crippen LogP contribution >= 0.6 is 11.8 Å². The van der Waals surface area contributed by atoms with Gasteiger partial charge in [-0.2, -0.15) is 10.1 Å². The molecule has 1 aromatic heterocycles. The molecule has 1 aromatic rings. The summed E-state index contributed by atoms with van der Waals surface area (Å²) in [6.07, 6.45) is 3.77. The molecule has 0 atom stereocenters. The molecular weight excluding hydrogens is 276 g/mol. The van der Waals surface area contributed by atoms with Crippen LogP contribution in [0.5, 0.6) is 0 Å². The predicted molar refractivity (Wildman–Crippen MR) is 78.3 cm³/mol. The Morgan fingerprint density at radius 3 is 2.80 bits per heavy atom. The van der Waals surface area contributed by atoms with Crippen LogP contribution in [0.25, 0.3) is 6.08 Å². The van der Waals surface area contributed by atoms with Gasteiger partial charge < -0.3 is 9.64 Å². The van der Waals surface area contributed by atoms with Gasteiger partial charge >= 0.3 is 0 Å². The van der Waals surface area contributed by atoms with Crippen LogP contribution < -0.4 is 0 Å². The van der Waals surface area contributed by atoms with Gasteiger partial charge in [-0.25, -0.2) is 0 Å². The van der Waals surface area contributed by atoms with E-state index in [-0.39, 0.29) is 5.91 Å². The van der Waals surface area contributed by atoms with Gasteiger partial charge in [-0.15, -0.1) is 0 Å². The molecule has 7 heteroatoms. The average Bonchev–Trinajstić information content (AvgIpc) is 2.95. The highest BCUT2D eigenvalue weighted by molar-refractivity contribution is 8.18. The Morgan fingerprint density at radius 1 is 1.40 bits per heavy atom. The molecule has 1 saturated heterocycles. The fourth-order valence-corrected chi connectivity index (χ4v) is 3.14. The third-order valence-corrected chi connectivity index (χ3v) is 4.27. The van der Waals surface area contributed by atoms with Crippen molar-refractivity contribution in [3.8, 4) is 0 Å². The fourth-order valence-electron chi connectivity index (χ4n) is 2.19. The van der Waals surface area contributed by atoms with E-state index in [0.29, 0.717) is 18.1 Å². The van der Waals surface area contributed by atoms with Crippen molar-refractivity contribution < 1.29 is 9.53 Å². The third kappa shape index (κ3) is 2.64. The Kier molecular flexibility index (Phi) is 3.62. The number of rotatable bonds is 1. The van der Waals surface area contributed by atoms with Gasteiger partial charge in [0.15, 0.2) is 5.17 Å². The summed E-state index contributed by atoms with van der Waals surface area (Å²) in [6.45, 7) is 4.89. The molecule has 0 aliphatic carbocycles. The Labute approximate surface area is 121 Å². The summed E-state index contributed by atoms with van der Waals surface area (Å²) < 4.78 is 7.06. The van der Waals surface area contributed by atoms with Crippen LogP contribution in [-0.4, -0.2) is 52.1 Å². The van der Waals surface area contributed by atoms with Gasteiger partial charge in [-0.1, -0.05) is 0 Å². The quantitative estimate of drug-likeness (QED) is 0.724. The van der Waals surface area contributed by atoms with Gasteiger partial charge in [0.25, 0.3) is 5.91 Å². The van der Waals surface area contributed by atoms with Crippen molar-refractivity contribution in [2.75, 3.05) is 26.3 Å². The molecule has 1 fully saturated rings. The van der Waals surface area contributed by atoms with E-state index in [4.69, 9.17) is 4.74 Å². The normalized spacial score (nSPS) is 21.7. The fraction of sp³-hybridized carbons (Fsp3) is 0.462. The number of hydrogen-bond donors (Lipinski definition) is 0. The first-order chi connectivity index (χ1) is 9.63. The Balaban J connectivity index is 1.77. The number of hydrogen-bond acceptors (Lipinski definition) is 5. The molecule has 20 heavy (non-hydrogen) atoms. The standard InChI is InChI=1S/C13H16N4O2S/c1-9-10(8-16(2)15-9)7-11-12(18)14-13(20-11)17-3-5-19-6-4-17/h7-8H,3-6H2,1-2H3. The number of amidine groups is 1. The molecule has 0 bridgehead atoms. The van der Waals surface area contributed by atoms with E-state index in [2.05, 4.69) is 15.0 Å². The molecule has 6 nitrogen and oxygen atoms in total. The summed E-state index contributed by atoms with van der Waals surface area (Å²) in [5, 5.41) is 5.06. The maximum Gasteiger partial charge on any atom is 0.286 e. The molecule has 0 unspecified atom stereocenters. The summed E-state index contributed by atoms with van der Waals surface area (Å²) in [4.78, 5) is 18.9. The zero-order chi connectivity index (χ0) is 14.1. The van der Waals surface area contributed by atoms with Crippen LogP contribution in [-0.2, 0) is 16.6 Å². The lowest BCUT2D eigenvalue weighted by Crippen LogP contribution is -2.38. The zero-order valence-corrected chi connectivity index (χ0v) is 12.3. The number of carbonyl (C=O) groups excluding carboxylic acids is 1. The molecule has 2 aliphatic heterocycles. The van der Waals surface area contributed by atoms with E-state index in [1.807, 2.05) is 26.2 Å². The van der Waals surface area contributed by atoms with E-state index in [1.54, 1.807) is 4.68 Å². The Bertz CT molecular complexity index is 600. The number of aliphatic imine (C=N–C) groups is 1. The molecule has 1 amide bonds. The van der Waals surface area contributed by atoms with Crippen LogP contribution in [0.3, 0.4) is 0 Å². The summed E-state index contributed by atoms with van der Waals surface area (Å²) in [5.41, 5.74) is 1.87. The zero-order valence-electron chi connectivity index (χ0n) is 11.5. The molecule has 0 saturated carbocycles. The van der Waals surface area contributed by atoms with Crippen LogP contribution in [0.15, 0.2) is 16.1 Å². The van der Waals surface area contributed by atoms with Gasteiger partial charge in [-0.05, 0) is 24.8 Å². The maximum atomic E-state index is 12.0. The van der Waals surface area contributed by atoms with Crippen molar-refractivity contribution in [3.05, 3.63) is 22.4 Å².